The smallest absolute Gasteiger partial charge is 0.123 e. The number of rotatable bonds is 4. The first-order chi connectivity index (χ1) is 8.65. The lowest BCUT2D eigenvalue weighted by Gasteiger charge is -2.27. The fraction of sp³-hybridized carbons (Fsp3) is 0.600. The first kappa shape index (κ1) is 13.5. The Balaban J connectivity index is 1.77. The molecule has 18 heavy (non-hydrogen) atoms. The summed E-state index contributed by atoms with van der Waals surface area (Å²) in [4.78, 5) is 0. The van der Waals surface area contributed by atoms with Gasteiger partial charge in [0.1, 0.15) is 5.82 Å². The molecule has 0 aromatic heterocycles. The van der Waals surface area contributed by atoms with Crippen molar-refractivity contribution in [3.8, 4) is 0 Å². The molecule has 0 aliphatic heterocycles. The summed E-state index contributed by atoms with van der Waals surface area (Å²) in [6.07, 6.45) is 5.12. The molecule has 2 rings (SSSR count). The van der Waals surface area contributed by atoms with Gasteiger partial charge in [-0.2, -0.15) is 0 Å². The molecule has 100 valence electrons. The monoisotopic (exact) mass is 251 g/mol. The number of ether oxygens (including phenoxy) is 1. The minimum absolute atomic E-state index is 0.162. The van der Waals surface area contributed by atoms with E-state index < -0.39 is 0 Å². The van der Waals surface area contributed by atoms with Gasteiger partial charge in [-0.3, -0.25) is 0 Å². The lowest BCUT2D eigenvalue weighted by Crippen LogP contribution is -2.25. The summed E-state index contributed by atoms with van der Waals surface area (Å²) in [6.45, 7) is 2.81. The molecule has 0 spiro atoms. The van der Waals surface area contributed by atoms with Crippen molar-refractivity contribution in [1.29, 1.82) is 0 Å². The van der Waals surface area contributed by atoms with E-state index in [4.69, 9.17) is 10.5 Å². The van der Waals surface area contributed by atoms with Gasteiger partial charge in [0.2, 0.25) is 0 Å². The molecule has 1 unspecified atom stereocenters. The topological polar surface area (TPSA) is 35.2 Å². The SMILES string of the molecule is CC1CCC(OCC(N)c2ccc(F)cc2)CC1. The van der Waals surface area contributed by atoms with Gasteiger partial charge in [0.05, 0.1) is 18.8 Å². The first-order valence-electron chi connectivity index (χ1n) is 6.78. The predicted molar refractivity (Wildman–Crippen MR) is 70.7 cm³/mol. The van der Waals surface area contributed by atoms with E-state index >= 15 is 0 Å². The van der Waals surface area contributed by atoms with Gasteiger partial charge in [-0.25, -0.2) is 4.39 Å². The Morgan fingerprint density at radius 1 is 1.22 bits per heavy atom. The van der Waals surface area contributed by atoms with Crippen molar-refractivity contribution in [2.45, 2.75) is 44.8 Å². The lowest BCUT2D eigenvalue weighted by atomic mass is 9.89. The van der Waals surface area contributed by atoms with E-state index in [0.29, 0.717) is 12.7 Å². The Hall–Kier alpha value is -0.930. The first-order valence-corrected chi connectivity index (χ1v) is 6.78. The molecule has 2 N–H and O–H groups in total. The van der Waals surface area contributed by atoms with Crippen molar-refractivity contribution in [3.05, 3.63) is 35.6 Å². The zero-order valence-corrected chi connectivity index (χ0v) is 10.9. The van der Waals surface area contributed by atoms with Gasteiger partial charge in [-0.15, -0.1) is 0 Å². The largest absolute Gasteiger partial charge is 0.376 e. The highest BCUT2D eigenvalue weighted by atomic mass is 19.1. The maximum Gasteiger partial charge on any atom is 0.123 e. The molecule has 1 aliphatic rings. The van der Waals surface area contributed by atoms with Gasteiger partial charge in [-0.1, -0.05) is 19.1 Å². The fourth-order valence-corrected chi connectivity index (χ4v) is 2.44. The maximum atomic E-state index is 12.8. The molecule has 1 aromatic rings. The van der Waals surface area contributed by atoms with E-state index in [-0.39, 0.29) is 11.9 Å². The average molecular weight is 251 g/mol. The van der Waals surface area contributed by atoms with Crippen LogP contribution in [0.25, 0.3) is 0 Å². The predicted octanol–water partition coefficient (Wildman–Crippen LogP) is 3.42. The summed E-state index contributed by atoms with van der Waals surface area (Å²) in [7, 11) is 0. The van der Waals surface area contributed by atoms with Crippen molar-refractivity contribution in [2.24, 2.45) is 11.7 Å². The van der Waals surface area contributed by atoms with Gasteiger partial charge < -0.3 is 10.5 Å². The summed E-state index contributed by atoms with van der Waals surface area (Å²) in [5.41, 5.74) is 6.97. The molecule has 2 nitrogen and oxygen atoms in total. The highest BCUT2D eigenvalue weighted by molar-refractivity contribution is 5.19. The van der Waals surface area contributed by atoms with Crippen molar-refractivity contribution >= 4 is 0 Å². The maximum absolute atomic E-state index is 12.8. The molecule has 0 heterocycles. The number of benzene rings is 1. The summed E-state index contributed by atoms with van der Waals surface area (Å²) >= 11 is 0. The lowest BCUT2D eigenvalue weighted by molar-refractivity contribution is 0.0126. The third kappa shape index (κ3) is 3.79. The molecule has 1 aliphatic carbocycles. The van der Waals surface area contributed by atoms with Crippen molar-refractivity contribution < 1.29 is 9.13 Å². The minimum atomic E-state index is -0.229. The molecule has 0 saturated heterocycles. The van der Waals surface area contributed by atoms with E-state index in [1.807, 2.05) is 0 Å². The second-order valence-electron chi connectivity index (χ2n) is 5.37. The Morgan fingerprint density at radius 3 is 2.44 bits per heavy atom. The minimum Gasteiger partial charge on any atom is -0.376 e. The highest BCUT2D eigenvalue weighted by Gasteiger charge is 2.19. The molecule has 1 fully saturated rings. The molecule has 3 heteroatoms. The molecule has 0 amide bonds. The van der Waals surface area contributed by atoms with Crippen LogP contribution in [0.5, 0.6) is 0 Å². The number of hydrogen-bond donors (Lipinski definition) is 1. The molecule has 0 bridgehead atoms. The Labute approximate surface area is 108 Å². The van der Waals surface area contributed by atoms with Crippen LogP contribution in [0.3, 0.4) is 0 Å². The van der Waals surface area contributed by atoms with Crippen molar-refractivity contribution in [2.75, 3.05) is 6.61 Å². The molecular weight excluding hydrogens is 229 g/mol. The van der Waals surface area contributed by atoms with Crippen LogP contribution >= 0.6 is 0 Å². The Bertz CT molecular complexity index is 357. The van der Waals surface area contributed by atoms with Gasteiger partial charge >= 0.3 is 0 Å². The van der Waals surface area contributed by atoms with Crippen molar-refractivity contribution in [3.63, 3.8) is 0 Å². The summed E-state index contributed by atoms with van der Waals surface area (Å²) in [6, 6.07) is 6.18. The van der Waals surface area contributed by atoms with Crippen LogP contribution in [-0.4, -0.2) is 12.7 Å². The summed E-state index contributed by atoms with van der Waals surface area (Å²) in [5, 5.41) is 0. The third-order valence-electron chi connectivity index (χ3n) is 3.77. The normalized spacial score (nSPS) is 25.9. The molecule has 1 atom stereocenters. The number of nitrogens with two attached hydrogens (primary N) is 1. The van der Waals surface area contributed by atoms with Gasteiger partial charge in [0.15, 0.2) is 0 Å². The highest BCUT2D eigenvalue weighted by Crippen LogP contribution is 2.26. The van der Waals surface area contributed by atoms with Crippen LogP contribution in [0, 0.1) is 11.7 Å². The van der Waals surface area contributed by atoms with E-state index in [0.717, 1.165) is 24.3 Å². The second-order valence-corrected chi connectivity index (χ2v) is 5.37. The number of hydrogen-bond acceptors (Lipinski definition) is 2. The van der Waals surface area contributed by atoms with Crippen molar-refractivity contribution in [1.82, 2.24) is 0 Å². The van der Waals surface area contributed by atoms with Crippen LogP contribution in [0.1, 0.15) is 44.2 Å². The molecular formula is C15H22FNO. The van der Waals surface area contributed by atoms with E-state index in [9.17, 15) is 4.39 Å². The van der Waals surface area contributed by atoms with Gasteiger partial charge in [0, 0.05) is 0 Å². The van der Waals surface area contributed by atoms with E-state index in [2.05, 4.69) is 6.92 Å². The van der Waals surface area contributed by atoms with Crippen LogP contribution in [0.2, 0.25) is 0 Å². The zero-order chi connectivity index (χ0) is 13.0. The zero-order valence-electron chi connectivity index (χ0n) is 10.9. The van der Waals surface area contributed by atoms with Crippen LogP contribution in [0.4, 0.5) is 4.39 Å². The molecule has 1 aromatic carbocycles. The molecule has 0 radical (unpaired) electrons. The fourth-order valence-electron chi connectivity index (χ4n) is 2.44. The molecule has 1 saturated carbocycles. The standard InChI is InChI=1S/C15H22FNO/c1-11-2-8-14(9-3-11)18-10-15(17)12-4-6-13(16)7-5-12/h4-7,11,14-15H,2-3,8-10,17H2,1H3. The van der Waals surface area contributed by atoms with Gasteiger partial charge in [0.25, 0.3) is 0 Å². The average Bonchev–Trinajstić information content (AvgIpc) is 2.38. The van der Waals surface area contributed by atoms with Crippen LogP contribution in [-0.2, 0) is 4.74 Å². The Kier molecular flexibility index (Phi) is 4.72. The second kappa shape index (κ2) is 6.30. The van der Waals surface area contributed by atoms with E-state index in [1.165, 1.54) is 25.0 Å². The Morgan fingerprint density at radius 2 is 1.83 bits per heavy atom. The summed E-state index contributed by atoms with van der Waals surface area (Å²) < 4.78 is 18.7. The van der Waals surface area contributed by atoms with E-state index in [1.54, 1.807) is 12.1 Å². The summed E-state index contributed by atoms with van der Waals surface area (Å²) in [5.74, 6) is 0.601. The third-order valence-corrected chi connectivity index (χ3v) is 3.77. The van der Waals surface area contributed by atoms with Crippen LogP contribution < -0.4 is 5.73 Å². The van der Waals surface area contributed by atoms with Crippen LogP contribution in [0.15, 0.2) is 24.3 Å². The number of halogens is 1. The quantitative estimate of drug-likeness (QED) is 0.890. The van der Waals surface area contributed by atoms with Gasteiger partial charge in [-0.05, 0) is 49.3 Å².